The van der Waals surface area contributed by atoms with Gasteiger partial charge in [0.25, 0.3) is 0 Å². The second kappa shape index (κ2) is 4.67. The fraction of sp³-hybridized carbons (Fsp3) is 0.538. The van der Waals surface area contributed by atoms with Crippen LogP contribution in [0.2, 0.25) is 0 Å². The molecule has 2 nitrogen and oxygen atoms in total. The molecule has 2 heteroatoms. The van der Waals surface area contributed by atoms with Crippen LogP contribution in [-0.4, -0.2) is 16.3 Å². The molecule has 0 aliphatic rings. The number of rotatable bonds is 3. The van der Waals surface area contributed by atoms with E-state index in [9.17, 15) is 10.2 Å². The van der Waals surface area contributed by atoms with Gasteiger partial charge in [0.15, 0.2) is 0 Å². The second-order valence-corrected chi connectivity index (χ2v) is 4.34. The van der Waals surface area contributed by atoms with Gasteiger partial charge in [-0.05, 0) is 62.8 Å². The van der Waals surface area contributed by atoms with Crippen molar-refractivity contribution < 1.29 is 10.2 Å². The van der Waals surface area contributed by atoms with Gasteiger partial charge in [-0.15, -0.1) is 0 Å². The summed E-state index contributed by atoms with van der Waals surface area (Å²) in [6.07, 6.45) is 1.37. The topological polar surface area (TPSA) is 40.5 Å². The fourth-order valence-electron chi connectivity index (χ4n) is 1.78. The van der Waals surface area contributed by atoms with E-state index in [-0.39, 0.29) is 6.10 Å². The molecule has 15 heavy (non-hydrogen) atoms. The van der Waals surface area contributed by atoms with Crippen LogP contribution < -0.4 is 0 Å². The lowest BCUT2D eigenvalue weighted by Crippen LogP contribution is -2.03. The van der Waals surface area contributed by atoms with Crippen LogP contribution in [0.15, 0.2) is 6.07 Å². The Morgan fingerprint density at radius 2 is 1.80 bits per heavy atom. The van der Waals surface area contributed by atoms with Gasteiger partial charge >= 0.3 is 0 Å². The van der Waals surface area contributed by atoms with Crippen molar-refractivity contribution in [1.29, 1.82) is 0 Å². The van der Waals surface area contributed by atoms with Crippen LogP contribution in [0.1, 0.15) is 35.6 Å². The normalized spacial score (nSPS) is 12.9. The Kier molecular flexibility index (Phi) is 3.75. The molecule has 0 aromatic heterocycles. The van der Waals surface area contributed by atoms with Crippen LogP contribution in [0, 0.1) is 20.8 Å². The molecule has 1 unspecified atom stereocenters. The minimum atomic E-state index is -0.265. The van der Waals surface area contributed by atoms with Crippen molar-refractivity contribution in [2.24, 2.45) is 0 Å². The minimum absolute atomic E-state index is 0.265. The maximum atomic E-state index is 9.74. The number of aromatic hydroxyl groups is 1. The van der Waals surface area contributed by atoms with Gasteiger partial charge in [0.1, 0.15) is 5.75 Å². The summed E-state index contributed by atoms with van der Waals surface area (Å²) in [4.78, 5) is 0. The summed E-state index contributed by atoms with van der Waals surface area (Å²) in [5.74, 6) is 0.397. The summed E-state index contributed by atoms with van der Waals surface area (Å²) in [7, 11) is 0. The zero-order valence-corrected chi connectivity index (χ0v) is 9.96. The van der Waals surface area contributed by atoms with E-state index >= 15 is 0 Å². The number of phenolic OH excluding ortho intramolecular Hbond substituents is 1. The average Bonchev–Trinajstić information content (AvgIpc) is 2.18. The molecule has 0 aliphatic carbocycles. The number of hydrogen-bond acceptors (Lipinski definition) is 2. The zero-order valence-electron chi connectivity index (χ0n) is 9.96. The third kappa shape index (κ3) is 2.72. The highest BCUT2D eigenvalue weighted by molar-refractivity contribution is 5.48. The van der Waals surface area contributed by atoms with Gasteiger partial charge in [-0.3, -0.25) is 0 Å². The van der Waals surface area contributed by atoms with Crippen LogP contribution in [0.3, 0.4) is 0 Å². The summed E-state index contributed by atoms with van der Waals surface area (Å²) in [6, 6.07) is 2.01. The lowest BCUT2D eigenvalue weighted by molar-refractivity contribution is 0.185. The minimum Gasteiger partial charge on any atom is -0.507 e. The number of benzene rings is 1. The van der Waals surface area contributed by atoms with Crippen LogP contribution >= 0.6 is 0 Å². The molecule has 0 amide bonds. The zero-order chi connectivity index (χ0) is 11.6. The highest BCUT2D eigenvalue weighted by Gasteiger charge is 2.09. The lowest BCUT2D eigenvalue weighted by Gasteiger charge is -2.13. The monoisotopic (exact) mass is 208 g/mol. The van der Waals surface area contributed by atoms with Gasteiger partial charge in [-0.25, -0.2) is 0 Å². The molecule has 0 fully saturated rings. The lowest BCUT2D eigenvalue weighted by atomic mass is 9.95. The molecule has 1 atom stereocenters. The van der Waals surface area contributed by atoms with E-state index in [1.54, 1.807) is 6.92 Å². The molecule has 0 saturated heterocycles. The van der Waals surface area contributed by atoms with Gasteiger partial charge in [-0.2, -0.15) is 0 Å². The number of phenols is 1. The van der Waals surface area contributed by atoms with Gasteiger partial charge in [0.05, 0.1) is 6.10 Å². The first-order chi connectivity index (χ1) is 6.93. The second-order valence-electron chi connectivity index (χ2n) is 4.34. The summed E-state index contributed by atoms with van der Waals surface area (Å²) in [6.45, 7) is 7.67. The average molecular weight is 208 g/mol. The predicted octanol–water partition coefficient (Wildman–Crippen LogP) is 2.63. The number of aliphatic hydroxyl groups excluding tert-OH is 1. The molecule has 1 rings (SSSR count). The Hall–Kier alpha value is -1.02. The molecule has 84 valence electrons. The molecule has 1 aromatic rings. The van der Waals surface area contributed by atoms with Gasteiger partial charge in [-0.1, -0.05) is 6.07 Å². The molecule has 1 aromatic carbocycles. The first-order valence-corrected chi connectivity index (χ1v) is 5.40. The number of aliphatic hydroxyl groups is 1. The van der Waals surface area contributed by atoms with E-state index in [1.165, 1.54) is 5.56 Å². The smallest absolute Gasteiger partial charge is 0.121 e. The summed E-state index contributed by atoms with van der Waals surface area (Å²) < 4.78 is 0. The van der Waals surface area contributed by atoms with Crippen molar-refractivity contribution >= 4 is 0 Å². The molecule has 0 saturated carbocycles. The molecule has 0 bridgehead atoms. The Morgan fingerprint density at radius 3 is 2.33 bits per heavy atom. The molecule has 0 aliphatic heterocycles. The van der Waals surface area contributed by atoms with Crippen molar-refractivity contribution in [3.63, 3.8) is 0 Å². The third-order valence-corrected chi connectivity index (χ3v) is 3.00. The van der Waals surface area contributed by atoms with E-state index in [0.717, 1.165) is 29.5 Å². The quantitative estimate of drug-likeness (QED) is 0.801. The Bertz CT molecular complexity index is 354. The third-order valence-electron chi connectivity index (χ3n) is 3.00. The Morgan fingerprint density at radius 1 is 1.20 bits per heavy atom. The van der Waals surface area contributed by atoms with E-state index in [1.807, 2.05) is 26.8 Å². The molecular formula is C13H20O2. The van der Waals surface area contributed by atoms with Crippen molar-refractivity contribution in [2.45, 2.75) is 46.6 Å². The molecule has 0 spiro atoms. The SMILES string of the molecule is Cc1cc(CCC(C)O)c(C)c(C)c1O. The summed E-state index contributed by atoms with van der Waals surface area (Å²) in [5.41, 5.74) is 4.23. The predicted molar refractivity (Wildman–Crippen MR) is 62.3 cm³/mol. The van der Waals surface area contributed by atoms with Crippen molar-refractivity contribution in [3.05, 3.63) is 28.3 Å². The number of hydrogen-bond donors (Lipinski definition) is 2. The largest absolute Gasteiger partial charge is 0.507 e. The Labute approximate surface area is 91.6 Å². The molecule has 0 radical (unpaired) electrons. The highest BCUT2D eigenvalue weighted by atomic mass is 16.3. The van der Waals surface area contributed by atoms with E-state index in [2.05, 4.69) is 0 Å². The number of aryl methyl sites for hydroxylation is 2. The van der Waals surface area contributed by atoms with Gasteiger partial charge in [0.2, 0.25) is 0 Å². The van der Waals surface area contributed by atoms with Gasteiger partial charge < -0.3 is 10.2 Å². The van der Waals surface area contributed by atoms with E-state index in [4.69, 9.17) is 0 Å². The molecule has 0 heterocycles. The van der Waals surface area contributed by atoms with Crippen LogP contribution in [0.5, 0.6) is 5.75 Å². The molecule has 2 N–H and O–H groups in total. The van der Waals surface area contributed by atoms with Crippen LogP contribution in [0.25, 0.3) is 0 Å². The van der Waals surface area contributed by atoms with Crippen LogP contribution in [-0.2, 0) is 6.42 Å². The fourth-order valence-corrected chi connectivity index (χ4v) is 1.78. The molecular weight excluding hydrogens is 188 g/mol. The van der Waals surface area contributed by atoms with Crippen molar-refractivity contribution in [2.75, 3.05) is 0 Å². The first kappa shape index (κ1) is 12.1. The Balaban J connectivity index is 2.99. The van der Waals surface area contributed by atoms with Gasteiger partial charge in [0, 0.05) is 0 Å². The summed E-state index contributed by atoms with van der Waals surface area (Å²) in [5, 5.41) is 19.0. The maximum Gasteiger partial charge on any atom is 0.121 e. The maximum absolute atomic E-state index is 9.74. The van der Waals surface area contributed by atoms with E-state index in [0.29, 0.717) is 5.75 Å². The van der Waals surface area contributed by atoms with E-state index < -0.39 is 0 Å². The van der Waals surface area contributed by atoms with Crippen LogP contribution in [0.4, 0.5) is 0 Å². The standard InChI is InChI=1S/C13H20O2/c1-8-7-12(6-5-9(2)14)10(3)11(4)13(8)15/h7,9,14-15H,5-6H2,1-4H3. The highest BCUT2D eigenvalue weighted by Crippen LogP contribution is 2.28. The van der Waals surface area contributed by atoms with Crippen molar-refractivity contribution in [3.8, 4) is 5.75 Å². The summed E-state index contributed by atoms with van der Waals surface area (Å²) >= 11 is 0. The van der Waals surface area contributed by atoms with Crippen molar-refractivity contribution in [1.82, 2.24) is 0 Å². The first-order valence-electron chi connectivity index (χ1n) is 5.40.